The van der Waals surface area contributed by atoms with Crippen molar-refractivity contribution in [3.05, 3.63) is 0 Å². The highest BCUT2D eigenvalue weighted by Gasteiger charge is 2.25. The number of rotatable bonds is 7. The molecule has 19 heavy (non-hydrogen) atoms. The number of hydrogen-bond acceptors (Lipinski definition) is 5. The van der Waals surface area contributed by atoms with E-state index in [-0.39, 0.29) is 6.04 Å². The van der Waals surface area contributed by atoms with Crippen LogP contribution in [0.25, 0.3) is 0 Å². The van der Waals surface area contributed by atoms with Crippen LogP contribution in [0.4, 0.5) is 0 Å². The van der Waals surface area contributed by atoms with E-state index in [4.69, 9.17) is 15.7 Å². The van der Waals surface area contributed by atoms with Crippen LogP contribution >= 0.6 is 0 Å². The van der Waals surface area contributed by atoms with Gasteiger partial charge in [0.25, 0.3) is 0 Å². The van der Waals surface area contributed by atoms with Gasteiger partial charge in [0.15, 0.2) is 5.84 Å². The van der Waals surface area contributed by atoms with Crippen LogP contribution in [-0.2, 0) is 4.74 Å². The van der Waals surface area contributed by atoms with E-state index in [0.717, 1.165) is 45.8 Å². The Morgan fingerprint density at radius 1 is 1.32 bits per heavy atom. The maximum Gasteiger partial charge on any atom is 0.156 e. The second-order valence-corrected chi connectivity index (χ2v) is 5.25. The van der Waals surface area contributed by atoms with Gasteiger partial charge >= 0.3 is 0 Å². The maximum absolute atomic E-state index is 8.80. The highest BCUT2D eigenvalue weighted by Crippen LogP contribution is 2.09. The van der Waals surface area contributed by atoms with E-state index in [9.17, 15) is 0 Å². The first kappa shape index (κ1) is 16.2. The average molecular weight is 272 g/mol. The van der Waals surface area contributed by atoms with E-state index in [1.54, 1.807) is 0 Å². The molecule has 6 nitrogen and oxygen atoms in total. The molecule has 0 bridgehead atoms. The van der Waals surface area contributed by atoms with Crippen LogP contribution < -0.4 is 5.73 Å². The SMILES string of the molecule is CCC(C(N)=NO)N1CCN(CCOC(C)C)CC1. The lowest BCUT2D eigenvalue weighted by Gasteiger charge is -2.38. The minimum atomic E-state index is 0.0547. The number of nitrogens with two attached hydrogens (primary N) is 1. The molecule has 0 spiro atoms. The molecule has 112 valence electrons. The summed E-state index contributed by atoms with van der Waals surface area (Å²) in [4.78, 5) is 4.69. The Labute approximate surface area is 116 Å². The zero-order chi connectivity index (χ0) is 14.3. The van der Waals surface area contributed by atoms with Crippen molar-refractivity contribution in [2.24, 2.45) is 10.9 Å². The number of ether oxygens (including phenoxy) is 1. The lowest BCUT2D eigenvalue weighted by Crippen LogP contribution is -2.54. The first-order valence-electron chi connectivity index (χ1n) is 7.13. The first-order valence-corrected chi connectivity index (χ1v) is 7.13. The van der Waals surface area contributed by atoms with Crippen LogP contribution in [0.15, 0.2) is 5.16 Å². The quantitative estimate of drug-likeness (QED) is 0.306. The van der Waals surface area contributed by atoms with Crippen molar-refractivity contribution in [3.8, 4) is 0 Å². The second-order valence-electron chi connectivity index (χ2n) is 5.25. The standard InChI is InChI=1S/C13H28N4O2/c1-4-12(13(14)15-18)17-7-5-16(6-8-17)9-10-19-11(2)3/h11-12,18H,4-10H2,1-3H3,(H2,14,15). The fraction of sp³-hybridized carbons (Fsp3) is 0.923. The molecule has 1 unspecified atom stereocenters. The average Bonchev–Trinajstić information content (AvgIpc) is 2.40. The Hall–Kier alpha value is -0.850. The minimum Gasteiger partial charge on any atom is -0.409 e. The van der Waals surface area contributed by atoms with E-state index in [2.05, 4.69) is 35.7 Å². The van der Waals surface area contributed by atoms with Gasteiger partial charge in [-0.25, -0.2) is 0 Å². The third-order valence-corrected chi connectivity index (χ3v) is 3.55. The van der Waals surface area contributed by atoms with Gasteiger partial charge in [-0.3, -0.25) is 9.80 Å². The molecule has 0 saturated carbocycles. The molecule has 1 rings (SSSR count). The molecule has 1 atom stereocenters. The van der Waals surface area contributed by atoms with Gasteiger partial charge in [-0.05, 0) is 20.3 Å². The van der Waals surface area contributed by atoms with Gasteiger partial charge in [-0.2, -0.15) is 0 Å². The number of hydrogen-bond donors (Lipinski definition) is 2. The third-order valence-electron chi connectivity index (χ3n) is 3.55. The summed E-state index contributed by atoms with van der Waals surface area (Å²) in [6, 6.07) is 0.0547. The zero-order valence-electron chi connectivity index (χ0n) is 12.4. The summed E-state index contributed by atoms with van der Waals surface area (Å²) in [5.41, 5.74) is 5.73. The summed E-state index contributed by atoms with van der Waals surface area (Å²) in [6.45, 7) is 11.9. The van der Waals surface area contributed by atoms with Crippen LogP contribution in [0.1, 0.15) is 27.2 Å². The van der Waals surface area contributed by atoms with Crippen molar-refractivity contribution in [2.75, 3.05) is 39.3 Å². The van der Waals surface area contributed by atoms with Crippen LogP contribution in [0.3, 0.4) is 0 Å². The summed E-state index contributed by atoms with van der Waals surface area (Å²) in [6.07, 6.45) is 1.16. The lowest BCUT2D eigenvalue weighted by atomic mass is 10.1. The monoisotopic (exact) mass is 272 g/mol. The van der Waals surface area contributed by atoms with E-state index in [1.807, 2.05) is 0 Å². The molecular formula is C13H28N4O2. The Balaban J connectivity index is 2.31. The van der Waals surface area contributed by atoms with E-state index >= 15 is 0 Å². The topological polar surface area (TPSA) is 74.3 Å². The molecule has 6 heteroatoms. The third kappa shape index (κ3) is 5.34. The van der Waals surface area contributed by atoms with Gasteiger partial charge in [0, 0.05) is 32.7 Å². The molecule has 3 N–H and O–H groups in total. The summed E-state index contributed by atoms with van der Waals surface area (Å²) < 4.78 is 5.57. The molecule has 0 amide bonds. The normalized spacial score (nSPS) is 20.9. The van der Waals surface area contributed by atoms with E-state index in [0.29, 0.717) is 11.9 Å². The molecule has 1 saturated heterocycles. The van der Waals surface area contributed by atoms with E-state index in [1.165, 1.54) is 0 Å². The Morgan fingerprint density at radius 3 is 2.42 bits per heavy atom. The molecule has 0 aromatic rings. The fourth-order valence-electron chi connectivity index (χ4n) is 2.44. The Bertz CT molecular complexity index is 276. The largest absolute Gasteiger partial charge is 0.409 e. The smallest absolute Gasteiger partial charge is 0.156 e. The van der Waals surface area contributed by atoms with Crippen molar-refractivity contribution >= 4 is 5.84 Å². The second kappa shape index (κ2) is 8.35. The zero-order valence-corrected chi connectivity index (χ0v) is 12.4. The van der Waals surface area contributed by atoms with Gasteiger partial charge in [0.05, 0.1) is 18.8 Å². The molecule has 0 aromatic carbocycles. The molecule has 0 aliphatic carbocycles. The maximum atomic E-state index is 8.80. The van der Waals surface area contributed by atoms with Gasteiger partial charge in [-0.15, -0.1) is 0 Å². The molecule has 1 heterocycles. The Kier molecular flexibility index (Phi) is 7.12. The number of amidine groups is 1. The number of nitrogens with zero attached hydrogens (tertiary/aromatic N) is 3. The number of oxime groups is 1. The Morgan fingerprint density at radius 2 is 1.95 bits per heavy atom. The van der Waals surface area contributed by atoms with Crippen LogP contribution in [-0.4, -0.2) is 72.3 Å². The van der Waals surface area contributed by atoms with Gasteiger partial charge in [0.2, 0.25) is 0 Å². The van der Waals surface area contributed by atoms with Crippen molar-refractivity contribution < 1.29 is 9.94 Å². The predicted octanol–water partition coefficient (Wildman–Crippen LogP) is 0.554. The molecule has 1 fully saturated rings. The molecule has 0 radical (unpaired) electrons. The van der Waals surface area contributed by atoms with Gasteiger partial charge in [-0.1, -0.05) is 12.1 Å². The van der Waals surface area contributed by atoms with Gasteiger partial charge in [0.1, 0.15) is 0 Å². The molecule has 1 aliphatic heterocycles. The van der Waals surface area contributed by atoms with Crippen molar-refractivity contribution in [1.29, 1.82) is 0 Å². The minimum absolute atomic E-state index is 0.0547. The van der Waals surface area contributed by atoms with Crippen LogP contribution in [0.5, 0.6) is 0 Å². The summed E-state index contributed by atoms with van der Waals surface area (Å²) in [7, 11) is 0. The highest BCUT2D eigenvalue weighted by molar-refractivity contribution is 5.85. The van der Waals surface area contributed by atoms with Gasteiger partial charge < -0.3 is 15.7 Å². The fourth-order valence-corrected chi connectivity index (χ4v) is 2.44. The lowest BCUT2D eigenvalue weighted by molar-refractivity contribution is 0.0417. The summed E-state index contributed by atoms with van der Waals surface area (Å²) >= 11 is 0. The van der Waals surface area contributed by atoms with Crippen molar-refractivity contribution in [2.45, 2.75) is 39.3 Å². The summed E-state index contributed by atoms with van der Waals surface area (Å²) in [5, 5.41) is 11.9. The number of piperazine rings is 1. The highest BCUT2D eigenvalue weighted by atomic mass is 16.5. The molecule has 1 aliphatic rings. The van der Waals surface area contributed by atoms with Crippen LogP contribution in [0, 0.1) is 0 Å². The van der Waals surface area contributed by atoms with E-state index < -0.39 is 0 Å². The van der Waals surface area contributed by atoms with Crippen LogP contribution in [0.2, 0.25) is 0 Å². The van der Waals surface area contributed by atoms with Crippen molar-refractivity contribution in [3.63, 3.8) is 0 Å². The molecular weight excluding hydrogens is 244 g/mol. The molecule has 0 aromatic heterocycles. The summed E-state index contributed by atoms with van der Waals surface area (Å²) in [5.74, 6) is 0.319. The predicted molar refractivity (Wildman–Crippen MR) is 76.6 cm³/mol. The van der Waals surface area contributed by atoms with Crippen molar-refractivity contribution in [1.82, 2.24) is 9.80 Å². The first-order chi connectivity index (χ1) is 9.08.